The van der Waals surface area contributed by atoms with E-state index < -0.39 is 12.8 Å². The van der Waals surface area contributed by atoms with Crippen LogP contribution in [0.15, 0.2) is 17.1 Å². The monoisotopic (exact) mass is 253 g/mol. The zero-order valence-corrected chi connectivity index (χ0v) is 9.81. The number of halogens is 3. The number of aliphatic imine (C=N–C) groups is 1. The van der Waals surface area contributed by atoms with E-state index in [4.69, 9.17) is 5.73 Å². The van der Waals surface area contributed by atoms with E-state index in [1.54, 1.807) is 0 Å². The van der Waals surface area contributed by atoms with E-state index in [1.165, 1.54) is 0 Å². The molecule has 0 aliphatic heterocycles. The number of ether oxygens (including phenoxy) is 1. The van der Waals surface area contributed by atoms with Crippen LogP contribution in [0.4, 0.5) is 13.2 Å². The summed E-state index contributed by atoms with van der Waals surface area (Å²) in [6, 6.07) is 0. The minimum atomic E-state index is -4.27. The maximum atomic E-state index is 11.7. The molecule has 0 unspecified atom stereocenters. The van der Waals surface area contributed by atoms with Gasteiger partial charge in [0, 0.05) is 13.2 Å². The Labute approximate surface area is 98.7 Å². The van der Waals surface area contributed by atoms with Gasteiger partial charge in [-0.2, -0.15) is 13.2 Å². The third-order valence-corrected chi connectivity index (χ3v) is 1.56. The number of guanidine groups is 1. The van der Waals surface area contributed by atoms with Gasteiger partial charge in [0.1, 0.15) is 6.61 Å². The zero-order valence-electron chi connectivity index (χ0n) is 9.81. The molecule has 0 aromatic heterocycles. The fraction of sp³-hybridized carbons (Fsp3) is 0.700. The molecule has 0 aliphatic carbocycles. The Kier molecular flexibility index (Phi) is 7.36. The van der Waals surface area contributed by atoms with Crippen LogP contribution in [0.1, 0.15) is 13.3 Å². The van der Waals surface area contributed by atoms with E-state index in [0.717, 1.165) is 5.57 Å². The number of alkyl halides is 3. The second-order valence-electron chi connectivity index (χ2n) is 3.61. The largest absolute Gasteiger partial charge is 0.411 e. The van der Waals surface area contributed by atoms with Gasteiger partial charge in [0.05, 0.1) is 6.54 Å². The van der Waals surface area contributed by atoms with Crippen LogP contribution in [0.5, 0.6) is 0 Å². The van der Waals surface area contributed by atoms with Crippen LogP contribution in [-0.2, 0) is 4.74 Å². The lowest BCUT2D eigenvalue weighted by Crippen LogP contribution is -2.33. The molecule has 0 saturated carbocycles. The Balaban J connectivity index is 3.45. The van der Waals surface area contributed by atoms with E-state index in [2.05, 4.69) is 21.6 Å². The summed E-state index contributed by atoms with van der Waals surface area (Å²) < 4.78 is 39.5. The number of hydrogen-bond donors (Lipinski definition) is 2. The molecule has 0 bridgehead atoms. The molecule has 0 atom stereocenters. The maximum absolute atomic E-state index is 11.7. The molecule has 7 heteroatoms. The Morgan fingerprint density at radius 3 is 2.65 bits per heavy atom. The second-order valence-corrected chi connectivity index (χ2v) is 3.61. The summed E-state index contributed by atoms with van der Waals surface area (Å²) in [5, 5.41) is 2.76. The minimum Gasteiger partial charge on any atom is -0.372 e. The van der Waals surface area contributed by atoms with Crippen molar-refractivity contribution in [1.29, 1.82) is 0 Å². The van der Waals surface area contributed by atoms with E-state index in [9.17, 15) is 13.2 Å². The van der Waals surface area contributed by atoms with Gasteiger partial charge >= 0.3 is 6.18 Å². The van der Waals surface area contributed by atoms with E-state index in [-0.39, 0.29) is 12.6 Å². The molecule has 100 valence electrons. The van der Waals surface area contributed by atoms with E-state index >= 15 is 0 Å². The Morgan fingerprint density at radius 2 is 2.12 bits per heavy atom. The second kappa shape index (κ2) is 7.94. The van der Waals surface area contributed by atoms with Gasteiger partial charge in [0.15, 0.2) is 5.96 Å². The standard InChI is InChI=1S/C10H18F3N3O/c1-8(2)6-16-9(14)15-4-3-5-17-7-10(11,12)13/h1,3-7H2,2H3,(H3,14,15,16). The predicted molar refractivity (Wildman–Crippen MR) is 60.8 cm³/mol. The third kappa shape index (κ3) is 12.7. The molecular formula is C10H18F3N3O. The predicted octanol–water partition coefficient (Wildman–Crippen LogP) is 1.44. The summed E-state index contributed by atoms with van der Waals surface area (Å²) in [5.41, 5.74) is 6.36. The highest BCUT2D eigenvalue weighted by atomic mass is 19.4. The van der Waals surface area contributed by atoms with Gasteiger partial charge < -0.3 is 15.8 Å². The van der Waals surface area contributed by atoms with Crippen molar-refractivity contribution >= 4 is 5.96 Å². The molecule has 0 radical (unpaired) electrons. The van der Waals surface area contributed by atoms with Crippen LogP contribution < -0.4 is 11.1 Å². The normalized spacial score (nSPS) is 12.6. The first-order valence-corrected chi connectivity index (χ1v) is 5.14. The van der Waals surface area contributed by atoms with Crippen molar-refractivity contribution in [1.82, 2.24) is 5.32 Å². The zero-order chi connectivity index (χ0) is 13.3. The maximum Gasteiger partial charge on any atom is 0.411 e. The van der Waals surface area contributed by atoms with Gasteiger partial charge in [-0.15, -0.1) is 0 Å². The lowest BCUT2D eigenvalue weighted by atomic mass is 10.4. The highest BCUT2D eigenvalue weighted by Gasteiger charge is 2.27. The molecule has 0 saturated heterocycles. The quantitative estimate of drug-likeness (QED) is 0.312. The highest BCUT2D eigenvalue weighted by molar-refractivity contribution is 5.77. The van der Waals surface area contributed by atoms with Crippen LogP contribution in [-0.4, -0.2) is 38.4 Å². The van der Waals surface area contributed by atoms with Crippen molar-refractivity contribution in [3.63, 3.8) is 0 Å². The fourth-order valence-corrected chi connectivity index (χ4v) is 0.855. The first-order chi connectivity index (χ1) is 7.81. The van der Waals surface area contributed by atoms with E-state index in [1.807, 2.05) is 6.92 Å². The SMILES string of the molecule is C=C(C)CN=C(N)NCCCOCC(F)(F)F. The number of nitrogens with zero attached hydrogens (tertiary/aromatic N) is 1. The number of rotatable bonds is 7. The summed E-state index contributed by atoms with van der Waals surface area (Å²) >= 11 is 0. The summed E-state index contributed by atoms with van der Waals surface area (Å²) in [5.74, 6) is 0.254. The van der Waals surface area contributed by atoms with Crippen molar-refractivity contribution < 1.29 is 17.9 Å². The minimum absolute atomic E-state index is 0.0281. The Morgan fingerprint density at radius 1 is 1.47 bits per heavy atom. The average molecular weight is 253 g/mol. The molecular weight excluding hydrogens is 235 g/mol. The summed E-state index contributed by atoms with van der Waals surface area (Å²) in [6.07, 6.45) is -3.84. The third-order valence-electron chi connectivity index (χ3n) is 1.56. The van der Waals surface area contributed by atoms with E-state index in [0.29, 0.717) is 19.5 Å². The first-order valence-electron chi connectivity index (χ1n) is 5.14. The van der Waals surface area contributed by atoms with Gasteiger partial charge in [0.25, 0.3) is 0 Å². The lowest BCUT2D eigenvalue weighted by Gasteiger charge is -2.08. The summed E-state index contributed by atoms with van der Waals surface area (Å²) in [6.45, 7) is 5.14. The van der Waals surface area contributed by atoms with Crippen molar-refractivity contribution in [2.24, 2.45) is 10.7 Å². The van der Waals surface area contributed by atoms with Crippen LogP contribution in [0.3, 0.4) is 0 Å². The van der Waals surface area contributed by atoms with Gasteiger partial charge in [-0.25, -0.2) is 4.99 Å². The van der Waals surface area contributed by atoms with Crippen LogP contribution in [0.2, 0.25) is 0 Å². The van der Waals surface area contributed by atoms with Gasteiger partial charge in [-0.1, -0.05) is 12.2 Å². The molecule has 0 spiro atoms. The smallest absolute Gasteiger partial charge is 0.372 e. The molecule has 0 aromatic rings. The van der Waals surface area contributed by atoms with Gasteiger partial charge in [-0.3, -0.25) is 0 Å². The first kappa shape index (κ1) is 15.8. The molecule has 0 amide bonds. The number of nitrogens with one attached hydrogen (secondary N) is 1. The molecule has 0 rings (SSSR count). The highest BCUT2D eigenvalue weighted by Crippen LogP contribution is 2.14. The molecule has 0 aliphatic rings. The molecule has 0 fully saturated rings. The summed E-state index contributed by atoms with van der Waals surface area (Å²) in [4.78, 5) is 3.94. The fourth-order valence-electron chi connectivity index (χ4n) is 0.855. The molecule has 17 heavy (non-hydrogen) atoms. The van der Waals surface area contributed by atoms with Crippen LogP contribution >= 0.6 is 0 Å². The lowest BCUT2D eigenvalue weighted by molar-refractivity contribution is -0.173. The molecule has 0 aromatic carbocycles. The van der Waals surface area contributed by atoms with Crippen molar-refractivity contribution in [2.75, 3.05) is 26.3 Å². The van der Waals surface area contributed by atoms with Crippen molar-refractivity contribution in [3.8, 4) is 0 Å². The number of nitrogens with two attached hydrogens (primary N) is 1. The molecule has 4 nitrogen and oxygen atoms in total. The Hall–Kier alpha value is -1.24. The van der Waals surface area contributed by atoms with Crippen LogP contribution in [0, 0.1) is 0 Å². The molecule has 0 heterocycles. The van der Waals surface area contributed by atoms with Gasteiger partial charge in [-0.05, 0) is 13.3 Å². The summed E-state index contributed by atoms with van der Waals surface area (Å²) in [7, 11) is 0. The van der Waals surface area contributed by atoms with Crippen molar-refractivity contribution in [3.05, 3.63) is 12.2 Å². The Bertz CT molecular complexity index is 264. The van der Waals surface area contributed by atoms with Crippen molar-refractivity contribution in [2.45, 2.75) is 19.5 Å². The van der Waals surface area contributed by atoms with Crippen LogP contribution in [0.25, 0.3) is 0 Å². The molecule has 3 N–H and O–H groups in total. The number of hydrogen-bond acceptors (Lipinski definition) is 2. The average Bonchev–Trinajstić information content (AvgIpc) is 2.18. The topological polar surface area (TPSA) is 59.6 Å². The van der Waals surface area contributed by atoms with Gasteiger partial charge in [0.2, 0.25) is 0 Å².